The number of nitrogens with two attached hydrogens (primary N) is 1. The minimum absolute atomic E-state index is 0.476. The summed E-state index contributed by atoms with van der Waals surface area (Å²) in [6.07, 6.45) is 6.45. The molecule has 3 saturated carbocycles. The van der Waals surface area contributed by atoms with Gasteiger partial charge in [0.05, 0.1) is 12.2 Å². The molecular weight excluding hydrogens is 226 g/mol. The number of nitrogens with one attached hydrogen (secondary N) is 1. The predicted octanol–water partition coefficient (Wildman–Crippen LogP) is 0.371. The molecule has 4 atom stereocenters. The lowest BCUT2D eigenvalue weighted by Gasteiger charge is -2.10. The number of fused-ring (bicyclic) bond motifs is 5. The Morgan fingerprint density at radius 2 is 2.11 bits per heavy atom. The van der Waals surface area contributed by atoms with Gasteiger partial charge in [-0.3, -0.25) is 4.68 Å². The van der Waals surface area contributed by atoms with Gasteiger partial charge in [0, 0.05) is 25.3 Å². The Hall–Kier alpha value is -0.940. The Morgan fingerprint density at radius 1 is 1.33 bits per heavy atom. The largest absolute Gasteiger partial charge is 0.325 e. The van der Waals surface area contributed by atoms with Crippen molar-refractivity contribution >= 4 is 0 Å². The van der Waals surface area contributed by atoms with Crippen LogP contribution < -0.4 is 11.1 Å². The molecule has 3 N–H and O–H groups in total. The summed E-state index contributed by atoms with van der Waals surface area (Å²) in [5, 5.41) is 11.8. The van der Waals surface area contributed by atoms with Crippen molar-refractivity contribution in [2.24, 2.45) is 29.4 Å². The maximum atomic E-state index is 5.52. The van der Waals surface area contributed by atoms with Crippen LogP contribution in [0.25, 0.3) is 0 Å². The van der Waals surface area contributed by atoms with Gasteiger partial charge in [0.2, 0.25) is 0 Å². The average molecular weight is 247 g/mol. The van der Waals surface area contributed by atoms with E-state index in [2.05, 4.69) is 15.6 Å². The molecule has 0 spiro atoms. The van der Waals surface area contributed by atoms with Crippen molar-refractivity contribution < 1.29 is 0 Å². The third-order valence-electron chi connectivity index (χ3n) is 5.25. The number of hydrogen-bond acceptors (Lipinski definition) is 4. The van der Waals surface area contributed by atoms with Crippen LogP contribution in [-0.4, -0.2) is 27.6 Å². The van der Waals surface area contributed by atoms with Crippen molar-refractivity contribution in [3.63, 3.8) is 0 Å². The molecule has 98 valence electrons. The molecule has 4 unspecified atom stereocenters. The normalized spacial score (nSPS) is 40.2. The van der Waals surface area contributed by atoms with Gasteiger partial charge in [-0.2, -0.15) is 0 Å². The first-order valence-electron chi connectivity index (χ1n) is 7.19. The maximum Gasteiger partial charge on any atom is 0.0962 e. The fraction of sp³-hybridized carbons (Fsp3) is 0.846. The molecule has 1 aromatic rings. The van der Waals surface area contributed by atoms with E-state index in [9.17, 15) is 0 Å². The summed E-state index contributed by atoms with van der Waals surface area (Å²) in [6.45, 7) is 2.38. The molecule has 3 fully saturated rings. The molecule has 5 heteroatoms. The predicted molar refractivity (Wildman–Crippen MR) is 67.5 cm³/mol. The van der Waals surface area contributed by atoms with Crippen molar-refractivity contribution in [1.82, 2.24) is 20.3 Å². The van der Waals surface area contributed by atoms with Gasteiger partial charge in [-0.15, -0.1) is 5.10 Å². The minimum Gasteiger partial charge on any atom is -0.325 e. The SMILES string of the molecule is NCc1cn(CCNC2C3C4CCC(C4)C23)nn1. The molecule has 0 aliphatic heterocycles. The molecule has 0 radical (unpaired) electrons. The van der Waals surface area contributed by atoms with E-state index in [1.54, 1.807) is 0 Å². The van der Waals surface area contributed by atoms with Gasteiger partial charge in [0.25, 0.3) is 0 Å². The Labute approximate surface area is 107 Å². The summed E-state index contributed by atoms with van der Waals surface area (Å²) in [4.78, 5) is 0. The lowest BCUT2D eigenvalue weighted by Crippen LogP contribution is -2.26. The summed E-state index contributed by atoms with van der Waals surface area (Å²) in [5.41, 5.74) is 6.39. The van der Waals surface area contributed by atoms with Crippen molar-refractivity contribution in [3.05, 3.63) is 11.9 Å². The van der Waals surface area contributed by atoms with Crippen LogP contribution in [0.1, 0.15) is 25.0 Å². The standard InChI is InChI=1S/C13H21N5/c14-6-10-7-18(17-16-10)4-3-15-13-11-8-1-2-9(5-8)12(11)13/h7-9,11-13,15H,1-6,14H2. The molecule has 1 aromatic heterocycles. The Kier molecular flexibility index (Phi) is 2.45. The Bertz CT molecular complexity index is 426. The van der Waals surface area contributed by atoms with Crippen LogP contribution in [0.2, 0.25) is 0 Å². The van der Waals surface area contributed by atoms with Crippen LogP contribution in [0.5, 0.6) is 0 Å². The van der Waals surface area contributed by atoms with Gasteiger partial charge in [-0.05, 0) is 42.9 Å². The average Bonchev–Trinajstić information content (AvgIpc) is 2.82. The summed E-state index contributed by atoms with van der Waals surface area (Å²) in [6, 6.07) is 0.814. The molecule has 0 aromatic carbocycles. The van der Waals surface area contributed by atoms with Gasteiger partial charge in [-0.25, -0.2) is 0 Å². The lowest BCUT2D eigenvalue weighted by atomic mass is 10.0. The fourth-order valence-corrected chi connectivity index (χ4v) is 4.49. The van der Waals surface area contributed by atoms with E-state index in [1.165, 1.54) is 19.3 Å². The molecule has 4 rings (SSSR count). The van der Waals surface area contributed by atoms with Crippen LogP contribution in [0.4, 0.5) is 0 Å². The molecule has 5 nitrogen and oxygen atoms in total. The van der Waals surface area contributed by atoms with Gasteiger partial charge in [0.1, 0.15) is 0 Å². The van der Waals surface area contributed by atoms with E-state index in [4.69, 9.17) is 5.73 Å². The highest BCUT2D eigenvalue weighted by Gasteiger charge is 2.64. The van der Waals surface area contributed by atoms with E-state index >= 15 is 0 Å². The molecule has 18 heavy (non-hydrogen) atoms. The molecule has 2 bridgehead atoms. The van der Waals surface area contributed by atoms with E-state index in [1.807, 2.05) is 10.9 Å². The van der Waals surface area contributed by atoms with Crippen LogP contribution >= 0.6 is 0 Å². The summed E-state index contributed by atoms with van der Waals surface area (Å²) in [5.74, 6) is 4.12. The second-order valence-corrected chi connectivity index (χ2v) is 6.14. The third kappa shape index (κ3) is 1.61. The monoisotopic (exact) mass is 247 g/mol. The van der Waals surface area contributed by atoms with Gasteiger partial charge in [-0.1, -0.05) is 5.21 Å². The van der Waals surface area contributed by atoms with Crippen molar-refractivity contribution in [1.29, 1.82) is 0 Å². The third-order valence-corrected chi connectivity index (χ3v) is 5.25. The second kappa shape index (κ2) is 4.03. The number of aromatic nitrogens is 3. The zero-order chi connectivity index (χ0) is 12.1. The first-order valence-corrected chi connectivity index (χ1v) is 7.19. The topological polar surface area (TPSA) is 68.8 Å². The molecule has 3 aliphatic rings. The second-order valence-electron chi connectivity index (χ2n) is 6.14. The van der Waals surface area contributed by atoms with Crippen molar-refractivity contribution in [2.75, 3.05) is 6.54 Å². The summed E-state index contributed by atoms with van der Waals surface area (Å²) in [7, 11) is 0. The van der Waals surface area contributed by atoms with Gasteiger partial charge in [0.15, 0.2) is 0 Å². The fourth-order valence-electron chi connectivity index (χ4n) is 4.49. The highest BCUT2D eigenvalue weighted by Crippen LogP contribution is 2.65. The van der Waals surface area contributed by atoms with E-state index < -0.39 is 0 Å². The number of hydrogen-bond donors (Lipinski definition) is 2. The lowest BCUT2D eigenvalue weighted by molar-refractivity contribution is 0.445. The minimum atomic E-state index is 0.476. The zero-order valence-corrected chi connectivity index (χ0v) is 10.6. The van der Waals surface area contributed by atoms with Crippen molar-refractivity contribution in [2.45, 2.75) is 38.4 Å². The summed E-state index contributed by atoms with van der Waals surface area (Å²) < 4.78 is 1.89. The van der Waals surface area contributed by atoms with Crippen LogP contribution in [-0.2, 0) is 13.1 Å². The van der Waals surface area contributed by atoms with Gasteiger partial charge >= 0.3 is 0 Å². The smallest absolute Gasteiger partial charge is 0.0962 e. The molecule has 3 aliphatic carbocycles. The Morgan fingerprint density at radius 3 is 2.78 bits per heavy atom. The van der Waals surface area contributed by atoms with Crippen molar-refractivity contribution in [3.8, 4) is 0 Å². The molecular formula is C13H21N5. The van der Waals surface area contributed by atoms with E-state index in [-0.39, 0.29) is 0 Å². The van der Waals surface area contributed by atoms with Crippen LogP contribution in [0.3, 0.4) is 0 Å². The first-order chi connectivity index (χ1) is 8.86. The van der Waals surface area contributed by atoms with Crippen LogP contribution in [0, 0.1) is 23.7 Å². The van der Waals surface area contributed by atoms with E-state index in [0.717, 1.165) is 48.5 Å². The number of nitrogens with zero attached hydrogens (tertiary/aromatic N) is 3. The molecule has 0 saturated heterocycles. The first kappa shape index (κ1) is 10.9. The zero-order valence-electron chi connectivity index (χ0n) is 10.6. The van der Waals surface area contributed by atoms with E-state index in [0.29, 0.717) is 6.54 Å². The maximum absolute atomic E-state index is 5.52. The highest BCUT2D eigenvalue weighted by molar-refractivity contribution is 5.16. The Balaban J connectivity index is 1.26. The quantitative estimate of drug-likeness (QED) is 0.789. The highest BCUT2D eigenvalue weighted by atomic mass is 15.4. The molecule has 0 amide bonds. The molecule has 1 heterocycles. The number of rotatable bonds is 5. The van der Waals surface area contributed by atoms with Crippen LogP contribution in [0.15, 0.2) is 6.20 Å². The van der Waals surface area contributed by atoms with Gasteiger partial charge < -0.3 is 11.1 Å². The summed E-state index contributed by atoms with van der Waals surface area (Å²) >= 11 is 0.